The van der Waals surface area contributed by atoms with E-state index < -0.39 is 0 Å². The zero-order valence-electron chi connectivity index (χ0n) is 16.4. The molecule has 0 aliphatic heterocycles. The van der Waals surface area contributed by atoms with Gasteiger partial charge in [-0.1, -0.05) is 23.4 Å². The van der Waals surface area contributed by atoms with Crippen molar-refractivity contribution in [2.24, 2.45) is 0 Å². The number of carbonyl (C=O) groups excluding carboxylic acids is 1. The van der Waals surface area contributed by atoms with E-state index in [2.05, 4.69) is 15.5 Å². The minimum absolute atomic E-state index is 0.177. The fourth-order valence-corrected chi connectivity index (χ4v) is 3.80. The SMILES string of the molecule is CCOc1ccc(Oc2ccc(Cl)cc2NC(=O)CSc2nncn2C2CC2)cc1. The molecule has 1 aliphatic rings. The average Bonchev–Trinajstić information content (AvgIpc) is 3.47. The minimum Gasteiger partial charge on any atom is -0.494 e. The lowest BCUT2D eigenvalue weighted by molar-refractivity contribution is -0.113. The number of ether oxygens (including phenoxy) is 2. The van der Waals surface area contributed by atoms with Crippen molar-refractivity contribution in [3.8, 4) is 17.2 Å². The molecule has 1 fully saturated rings. The second kappa shape index (κ2) is 9.40. The molecule has 0 bridgehead atoms. The Morgan fingerprint density at radius 1 is 1.23 bits per heavy atom. The fraction of sp³-hybridized carbons (Fsp3) is 0.286. The first kappa shape index (κ1) is 20.6. The van der Waals surface area contributed by atoms with Crippen LogP contribution in [0.25, 0.3) is 0 Å². The smallest absolute Gasteiger partial charge is 0.234 e. The number of hydrogen-bond donors (Lipinski definition) is 1. The number of benzene rings is 2. The molecule has 9 heteroatoms. The first-order chi connectivity index (χ1) is 14.6. The number of amides is 1. The average molecular weight is 445 g/mol. The van der Waals surface area contributed by atoms with Gasteiger partial charge in [-0.05, 0) is 62.2 Å². The van der Waals surface area contributed by atoms with Gasteiger partial charge in [0, 0.05) is 11.1 Å². The normalized spacial score (nSPS) is 13.1. The van der Waals surface area contributed by atoms with E-state index in [0.29, 0.717) is 34.9 Å². The highest BCUT2D eigenvalue weighted by atomic mass is 35.5. The summed E-state index contributed by atoms with van der Waals surface area (Å²) in [6.45, 7) is 2.53. The highest BCUT2D eigenvalue weighted by Crippen LogP contribution is 2.37. The Hall–Kier alpha value is -2.71. The van der Waals surface area contributed by atoms with Crippen molar-refractivity contribution in [2.45, 2.75) is 31.0 Å². The van der Waals surface area contributed by atoms with Gasteiger partial charge in [-0.15, -0.1) is 10.2 Å². The van der Waals surface area contributed by atoms with Crippen LogP contribution in [0.4, 0.5) is 5.69 Å². The van der Waals surface area contributed by atoms with Crippen LogP contribution in [0.15, 0.2) is 53.9 Å². The summed E-state index contributed by atoms with van der Waals surface area (Å²) in [6.07, 6.45) is 3.98. The Labute approximate surface area is 183 Å². The van der Waals surface area contributed by atoms with Crippen LogP contribution in [-0.2, 0) is 4.79 Å². The van der Waals surface area contributed by atoms with Gasteiger partial charge in [0.25, 0.3) is 0 Å². The van der Waals surface area contributed by atoms with Crippen LogP contribution >= 0.6 is 23.4 Å². The predicted octanol–water partition coefficient (Wildman–Crippen LogP) is 5.19. The van der Waals surface area contributed by atoms with Crippen molar-refractivity contribution >= 4 is 35.0 Å². The number of anilines is 1. The van der Waals surface area contributed by atoms with Gasteiger partial charge >= 0.3 is 0 Å². The quantitative estimate of drug-likeness (QED) is 0.457. The third-order valence-corrected chi connectivity index (χ3v) is 5.58. The molecule has 2 aromatic carbocycles. The standard InChI is InChI=1S/C21H21ClN4O3S/c1-2-28-16-6-8-17(9-7-16)29-19-10-3-14(22)11-18(19)24-20(27)12-30-21-25-23-13-26(21)15-4-5-15/h3,6-11,13,15H,2,4-5,12H2,1H3,(H,24,27). The number of rotatable bonds is 9. The molecule has 1 aliphatic carbocycles. The number of halogens is 1. The summed E-state index contributed by atoms with van der Waals surface area (Å²) in [6, 6.07) is 12.9. The van der Waals surface area contributed by atoms with Gasteiger partial charge in [-0.25, -0.2) is 0 Å². The molecule has 0 unspecified atom stereocenters. The van der Waals surface area contributed by atoms with Crippen molar-refractivity contribution in [3.05, 3.63) is 53.8 Å². The van der Waals surface area contributed by atoms with Crippen LogP contribution in [0, 0.1) is 0 Å². The molecule has 0 saturated heterocycles. The molecule has 1 saturated carbocycles. The van der Waals surface area contributed by atoms with Gasteiger partial charge in [0.1, 0.15) is 17.8 Å². The third-order valence-electron chi connectivity index (χ3n) is 4.39. The van der Waals surface area contributed by atoms with Crippen molar-refractivity contribution in [1.82, 2.24) is 14.8 Å². The highest BCUT2D eigenvalue weighted by molar-refractivity contribution is 7.99. The van der Waals surface area contributed by atoms with E-state index in [4.69, 9.17) is 21.1 Å². The van der Waals surface area contributed by atoms with E-state index in [1.807, 2.05) is 35.8 Å². The van der Waals surface area contributed by atoms with Crippen LogP contribution < -0.4 is 14.8 Å². The maximum atomic E-state index is 12.5. The van der Waals surface area contributed by atoms with Gasteiger partial charge in [-0.3, -0.25) is 4.79 Å². The number of thioether (sulfide) groups is 1. The van der Waals surface area contributed by atoms with Crippen molar-refractivity contribution < 1.29 is 14.3 Å². The third kappa shape index (κ3) is 5.25. The molecule has 7 nitrogen and oxygen atoms in total. The number of hydrogen-bond acceptors (Lipinski definition) is 6. The second-order valence-electron chi connectivity index (χ2n) is 6.74. The molecule has 0 radical (unpaired) electrons. The number of nitrogens with one attached hydrogen (secondary N) is 1. The summed E-state index contributed by atoms with van der Waals surface area (Å²) in [7, 11) is 0. The minimum atomic E-state index is -0.177. The zero-order valence-corrected chi connectivity index (χ0v) is 17.9. The summed E-state index contributed by atoms with van der Waals surface area (Å²) < 4.78 is 13.4. The molecule has 3 aromatic rings. The summed E-state index contributed by atoms with van der Waals surface area (Å²) >= 11 is 7.49. The molecule has 0 atom stereocenters. The van der Waals surface area contributed by atoms with Crippen molar-refractivity contribution in [1.29, 1.82) is 0 Å². The maximum absolute atomic E-state index is 12.5. The lowest BCUT2D eigenvalue weighted by atomic mass is 10.2. The lowest BCUT2D eigenvalue weighted by Crippen LogP contribution is -2.15. The van der Waals surface area contributed by atoms with Gasteiger partial charge in [0.2, 0.25) is 5.91 Å². The highest BCUT2D eigenvalue weighted by Gasteiger charge is 2.26. The summed E-state index contributed by atoms with van der Waals surface area (Å²) in [4.78, 5) is 12.5. The van der Waals surface area contributed by atoms with Crippen molar-refractivity contribution in [3.63, 3.8) is 0 Å². The lowest BCUT2D eigenvalue weighted by Gasteiger charge is -2.13. The molecule has 1 N–H and O–H groups in total. The molecule has 0 spiro atoms. The van der Waals surface area contributed by atoms with Crippen LogP contribution in [-0.4, -0.2) is 33.0 Å². The summed E-state index contributed by atoms with van der Waals surface area (Å²) in [5.41, 5.74) is 0.505. The maximum Gasteiger partial charge on any atom is 0.234 e. The van der Waals surface area contributed by atoms with E-state index in [1.165, 1.54) is 11.8 Å². The Balaban J connectivity index is 1.40. The topological polar surface area (TPSA) is 78.3 Å². The number of aromatic nitrogens is 3. The molecular formula is C21H21ClN4O3S. The van der Waals surface area contributed by atoms with E-state index in [1.54, 1.807) is 24.5 Å². The molecular weight excluding hydrogens is 424 g/mol. The van der Waals surface area contributed by atoms with E-state index in [-0.39, 0.29) is 11.7 Å². The van der Waals surface area contributed by atoms with Crippen LogP contribution in [0.5, 0.6) is 17.2 Å². The van der Waals surface area contributed by atoms with E-state index in [9.17, 15) is 4.79 Å². The Morgan fingerprint density at radius 2 is 2.00 bits per heavy atom. The van der Waals surface area contributed by atoms with Gasteiger partial charge < -0.3 is 19.4 Å². The van der Waals surface area contributed by atoms with Crippen molar-refractivity contribution in [2.75, 3.05) is 17.7 Å². The molecule has 30 heavy (non-hydrogen) atoms. The summed E-state index contributed by atoms with van der Waals surface area (Å²) in [5.74, 6) is 1.93. The number of carbonyl (C=O) groups is 1. The van der Waals surface area contributed by atoms with Gasteiger partial charge in [0.15, 0.2) is 10.9 Å². The van der Waals surface area contributed by atoms with Crippen LogP contribution in [0.2, 0.25) is 5.02 Å². The zero-order chi connectivity index (χ0) is 20.9. The van der Waals surface area contributed by atoms with E-state index >= 15 is 0 Å². The van der Waals surface area contributed by atoms with E-state index in [0.717, 1.165) is 23.7 Å². The molecule has 1 aromatic heterocycles. The predicted molar refractivity (Wildman–Crippen MR) is 117 cm³/mol. The molecule has 4 rings (SSSR count). The second-order valence-corrected chi connectivity index (χ2v) is 8.11. The largest absolute Gasteiger partial charge is 0.494 e. The first-order valence-corrected chi connectivity index (χ1v) is 11.0. The molecule has 1 amide bonds. The van der Waals surface area contributed by atoms with Crippen LogP contribution in [0.3, 0.4) is 0 Å². The Bertz CT molecular complexity index is 1020. The van der Waals surface area contributed by atoms with Crippen LogP contribution in [0.1, 0.15) is 25.8 Å². The Kier molecular flexibility index (Phi) is 6.44. The monoisotopic (exact) mass is 444 g/mol. The first-order valence-electron chi connectivity index (χ1n) is 9.65. The Morgan fingerprint density at radius 3 is 2.73 bits per heavy atom. The fourth-order valence-electron chi connectivity index (χ4n) is 2.84. The number of nitrogens with zero attached hydrogens (tertiary/aromatic N) is 3. The summed E-state index contributed by atoms with van der Waals surface area (Å²) in [5, 5.41) is 12.2. The molecule has 156 valence electrons. The van der Waals surface area contributed by atoms with Gasteiger partial charge in [0.05, 0.1) is 18.0 Å². The molecule has 1 heterocycles. The van der Waals surface area contributed by atoms with Gasteiger partial charge in [-0.2, -0.15) is 0 Å².